The summed E-state index contributed by atoms with van der Waals surface area (Å²) >= 11 is 5.80. The van der Waals surface area contributed by atoms with E-state index < -0.39 is 15.8 Å². The van der Waals surface area contributed by atoms with Crippen LogP contribution in [-0.2, 0) is 21.2 Å². The molecule has 1 aromatic carbocycles. The van der Waals surface area contributed by atoms with Crippen molar-refractivity contribution >= 4 is 32.5 Å². The van der Waals surface area contributed by atoms with Crippen LogP contribution in [0.2, 0.25) is 5.02 Å². The van der Waals surface area contributed by atoms with Gasteiger partial charge in [-0.15, -0.1) is 0 Å². The summed E-state index contributed by atoms with van der Waals surface area (Å²) in [5, 5.41) is 0.854. The quantitative estimate of drug-likeness (QED) is 0.831. The molecule has 0 bridgehead atoms. The maximum Gasteiger partial charge on any atom is 0.214 e. The molecular weight excluding hydrogens is 343 g/mol. The highest BCUT2D eigenvalue weighted by Crippen LogP contribution is 2.25. The molecule has 0 spiro atoms. The Morgan fingerprint density at radius 1 is 1.43 bits per heavy atom. The maximum absolute atomic E-state index is 13.4. The molecule has 5 nitrogen and oxygen atoms in total. The van der Waals surface area contributed by atoms with Gasteiger partial charge in [-0.2, -0.15) is 0 Å². The Morgan fingerprint density at radius 3 is 3.00 bits per heavy atom. The van der Waals surface area contributed by atoms with E-state index in [1.165, 1.54) is 6.07 Å². The first-order chi connectivity index (χ1) is 10.9. The van der Waals surface area contributed by atoms with Crippen molar-refractivity contribution in [3.05, 3.63) is 34.7 Å². The first kappa shape index (κ1) is 16.7. The highest BCUT2D eigenvalue weighted by Gasteiger charge is 2.22. The fourth-order valence-electron chi connectivity index (χ4n) is 2.80. The number of aromatic amines is 1. The van der Waals surface area contributed by atoms with Crippen LogP contribution in [0, 0.1) is 5.82 Å². The number of sulfonamides is 1. The van der Waals surface area contributed by atoms with E-state index in [0.29, 0.717) is 18.5 Å². The van der Waals surface area contributed by atoms with E-state index in [4.69, 9.17) is 16.3 Å². The second-order valence-electron chi connectivity index (χ2n) is 5.69. The molecule has 2 aromatic rings. The number of hydrogen-bond acceptors (Lipinski definition) is 3. The van der Waals surface area contributed by atoms with Gasteiger partial charge >= 0.3 is 0 Å². The predicted octanol–water partition coefficient (Wildman–Crippen LogP) is 2.60. The lowest BCUT2D eigenvalue weighted by Gasteiger charge is -2.11. The summed E-state index contributed by atoms with van der Waals surface area (Å²) < 4.78 is 45.4. The fraction of sp³-hybridized carbons (Fsp3) is 0.467. The topological polar surface area (TPSA) is 71.2 Å². The Kier molecular flexibility index (Phi) is 4.91. The van der Waals surface area contributed by atoms with Crippen LogP contribution in [0.3, 0.4) is 0 Å². The van der Waals surface area contributed by atoms with Gasteiger partial charge in [0.05, 0.1) is 16.9 Å². The van der Waals surface area contributed by atoms with Gasteiger partial charge < -0.3 is 9.72 Å². The lowest BCUT2D eigenvalue weighted by Crippen LogP contribution is -2.33. The number of aromatic nitrogens is 1. The predicted molar refractivity (Wildman–Crippen MR) is 87.7 cm³/mol. The second kappa shape index (κ2) is 6.76. The summed E-state index contributed by atoms with van der Waals surface area (Å²) in [6.07, 6.45) is 3.73. The number of halogens is 2. The van der Waals surface area contributed by atoms with Crippen molar-refractivity contribution in [3.8, 4) is 0 Å². The summed E-state index contributed by atoms with van der Waals surface area (Å²) in [5.74, 6) is -0.484. The highest BCUT2D eigenvalue weighted by molar-refractivity contribution is 7.89. The number of ether oxygens (including phenoxy) is 1. The Labute approximate surface area is 139 Å². The zero-order chi connectivity index (χ0) is 16.4. The van der Waals surface area contributed by atoms with Crippen molar-refractivity contribution in [1.29, 1.82) is 0 Å². The minimum Gasteiger partial charge on any atom is -0.377 e. The number of nitrogens with one attached hydrogen (secondary N) is 2. The van der Waals surface area contributed by atoms with Gasteiger partial charge in [0, 0.05) is 30.3 Å². The Bertz CT molecular complexity index is 800. The van der Waals surface area contributed by atoms with E-state index in [-0.39, 0.29) is 23.4 Å². The van der Waals surface area contributed by atoms with Crippen molar-refractivity contribution in [2.45, 2.75) is 25.4 Å². The minimum absolute atomic E-state index is 0.00206. The zero-order valence-corrected chi connectivity index (χ0v) is 14.0. The third-order valence-electron chi connectivity index (χ3n) is 3.95. The third kappa shape index (κ3) is 4.03. The molecular formula is C15H18ClFN2O3S. The van der Waals surface area contributed by atoms with Crippen LogP contribution in [0.4, 0.5) is 4.39 Å². The molecule has 8 heteroatoms. The normalized spacial score (nSPS) is 18.8. The van der Waals surface area contributed by atoms with Crippen molar-refractivity contribution in [2.75, 3.05) is 18.9 Å². The summed E-state index contributed by atoms with van der Waals surface area (Å²) in [4.78, 5) is 2.97. The van der Waals surface area contributed by atoms with Gasteiger partial charge in [-0.05, 0) is 37.0 Å². The van der Waals surface area contributed by atoms with Crippen molar-refractivity contribution < 1.29 is 17.5 Å². The molecule has 1 unspecified atom stereocenters. The molecule has 126 valence electrons. The molecule has 1 aromatic heterocycles. The highest BCUT2D eigenvalue weighted by atomic mass is 35.5. The van der Waals surface area contributed by atoms with Crippen LogP contribution in [0.5, 0.6) is 0 Å². The van der Waals surface area contributed by atoms with Crippen LogP contribution in [0.1, 0.15) is 18.4 Å². The standard InChI is InChI=1S/C15H18ClFN2O3S/c16-13-6-12-10(8-18-15(12)7-14(13)17)3-4-19-23(20,21)9-11-2-1-5-22-11/h6-8,11,18-19H,1-5,9H2. The maximum atomic E-state index is 13.4. The first-order valence-corrected chi connectivity index (χ1v) is 9.51. The van der Waals surface area contributed by atoms with Crippen LogP contribution < -0.4 is 4.72 Å². The number of rotatable bonds is 6. The molecule has 0 amide bonds. The van der Waals surface area contributed by atoms with Crippen molar-refractivity contribution in [2.24, 2.45) is 0 Å². The number of benzene rings is 1. The Hall–Kier alpha value is -1.15. The van der Waals surface area contributed by atoms with Gasteiger partial charge in [0.25, 0.3) is 0 Å². The molecule has 3 rings (SSSR count). The number of fused-ring (bicyclic) bond motifs is 1. The molecule has 1 aliphatic rings. The molecule has 1 saturated heterocycles. The average molecular weight is 361 g/mol. The third-order valence-corrected chi connectivity index (χ3v) is 5.70. The smallest absolute Gasteiger partial charge is 0.214 e. The fourth-order valence-corrected chi connectivity index (χ4v) is 4.25. The molecule has 1 atom stereocenters. The van der Waals surface area contributed by atoms with E-state index in [1.54, 1.807) is 12.3 Å². The van der Waals surface area contributed by atoms with Gasteiger partial charge in [-0.3, -0.25) is 0 Å². The molecule has 0 aliphatic carbocycles. The molecule has 23 heavy (non-hydrogen) atoms. The van der Waals surface area contributed by atoms with E-state index >= 15 is 0 Å². The average Bonchev–Trinajstić information content (AvgIpc) is 3.10. The lowest BCUT2D eigenvalue weighted by atomic mass is 10.1. The van der Waals surface area contributed by atoms with Crippen LogP contribution in [-0.4, -0.2) is 38.4 Å². The minimum atomic E-state index is -3.36. The molecule has 0 radical (unpaired) electrons. The van der Waals surface area contributed by atoms with Gasteiger partial charge in [-0.25, -0.2) is 17.5 Å². The molecule has 1 aliphatic heterocycles. The van der Waals surface area contributed by atoms with E-state index in [9.17, 15) is 12.8 Å². The molecule has 2 heterocycles. The van der Waals surface area contributed by atoms with Gasteiger partial charge in [-0.1, -0.05) is 11.6 Å². The summed E-state index contributed by atoms with van der Waals surface area (Å²) in [7, 11) is -3.36. The van der Waals surface area contributed by atoms with Gasteiger partial charge in [0.15, 0.2) is 0 Å². The SMILES string of the molecule is O=S(=O)(CC1CCCO1)NCCc1c[nH]c2cc(F)c(Cl)cc12. The first-order valence-electron chi connectivity index (χ1n) is 7.48. The second-order valence-corrected chi connectivity index (χ2v) is 7.95. The van der Waals surface area contributed by atoms with Crippen LogP contribution >= 0.6 is 11.6 Å². The number of H-pyrrole nitrogens is 1. The van der Waals surface area contributed by atoms with E-state index in [1.807, 2.05) is 0 Å². The van der Waals surface area contributed by atoms with Gasteiger partial charge in [0.2, 0.25) is 10.0 Å². The van der Waals surface area contributed by atoms with Crippen molar-refractivity contribution in [3.63, 3.8) is 0 Å². The van der Waals surface area contributed by atoms with E-state index in [2.05, 4.69) is 9.71 Å². The Balaban J connectivity index is 1.61. The molecule has 0 saturated carbocycles. The number of hydrogen-bond donors (Lipinski definition) is 2. The Morgan fingerprint density at radius 2 is 2.26 bits per heavy atom. The largest absolute Gasteiger partial charge is 0.377 e. The summed E-state index contributed by atoms with van der Waals surface area (Å²) in [6.45, 7) is 0.907. The van der Waals surface area contributed by atoms with Crippen LogP contribution in [0.15, 0.2) is 18.3 Å². The molecule has 2 N–H and O–H groups in total. The zero-order valence-electron chi connectivity index (χ0n) is 12.4. The lowest BCUT2D eigenvalue weighted by molar-refractivity contribution is 0.127. The molecule has 1 fully saturated rings. The van der Waals surface area contributed by atoms with Crippen molar-refractivity contribution in [1.82, 2.24) is 9.71 Å². The van der Waals surface area contributed by atoms with Gasteiger partial charge in [0.1, 0.15) is 5.82 Å². The summed E-state index contributed by atoms with van der Waals surface area (Å²) in [5.41, 5.74) is 1.53. The van der Waals surface area contributed by atoms with E-state index in [0.717, 1.165) is 23.8 Å². The monoisotopic (exact) mass is 360 g/mol. The van der Waals surface area contributed by atoms with Crippen LogP contribution in [0.25, 0.3) is 10.9 Å². The summed E-state index contributed by atoms with van der Waals surface area (Å²) in [6, 6.07) is 2.89.